The van der Waals surface area contributed by atoms with Gasteiger partial charge in [-0.05, 0) is 18.9 Å². The molecular weight excluding hydrogens is 197 g/mol. The zero-order chi connectivity index (χ0) is 10.2. The Balaban J connectivity index is 1.80. The van der Waals surface area contributed by atoms with E-state index >= 15 is 0 Å². The second kappa shape index (κ2) is 3.27. The van der Waals surface area contributed by atoms with Crippen LogP contribution < -0.4 is 0 Å². The van der Waals surface area contributed by atoms with E-state index in [0.717, 1.165) is 0 Å². The van der Waals surface area contributed by atoms with Crippen molar-refractivity contribution >= 4 is 0 Å². The molecule has 1 aromatic rings. The maximum Gasteiger partial charge on any atom is 0.522 e. The van der Waals surface area contributed by atoms with Crippen LogP contribution in [0.15, 0.2) is 18.5 Å². The zero-order valence-corrected chi connectivity index (χ0v) is 7.24. The Morgan fingerprint density at radius 3 is 2.57 bits per heavy atom. The van der Waals surface area contributed by atoms with Gasteiger partial charge in [0.05, 0.1) is 12.1 Å². The minimum absolute atomic E-state index is 0.0531. The van der Waals surface area contributed by atoms with Gasteiger partial charge in [-0.2, -0.15) is 5.10 Å². The molecule has 6 heteroatoms. The molecule has 14 heavy (non-hydrogen) atoms. The van der Waals surface area contributed by atoms with Gasteiger partial charge in [-0.1, -0.05) is 0 Å². The molecule has 2 rings (SSSR count). The third kappa shape index (κ3) is 2.06. The topological polar surface area (TPSA) is 27.1 Å². The fourth-order valence-electron chi connectivity index (χ4n) is 1.54. The Morgan fingerprint density at radius 1 is 1.36 bits per heavy atom. The summed E-state index contributed by atoms with van der Waals surface area (Å²) in [5.41, 5.74) is 0. The molecule has 0 saturated heterocycles. The fraction of sp³-hybridized carbons (Fsp3) is 0.625. The molecule has 1 fully saturated rings. The van der Waals surface area contributed by atoms with Crippen molar-refractivity contribution in [1.82, 2.24) is 9.78 Å². The maximum absolute atomic E-state index is 11.8. The molecule has 0 radical (unpaired) electrons. The smallest absolute Gasteiger partial charge is 0.288 e. The third-order valence-corrected chi connectivity index (χ3v) is 2.27. The number of hydrogen-bond donors (Lipinski definition) is 0. The molecule has 1 aliphatic carbocycles. The highest BCUT2D eigenvalue weighted by Gasteiger charge is 2.40. The molecule has 0 N–H and O–H groups in total. The molecule has 1 aromatic heterocycles. The van der Waals surface area contributed by atoms with E-state index in [1.807, 2.05) is 0 Å². The van der Waals surface area contributed by atoms with Crippen molar-refractivity contribution in [2.24, 2.45) is 0 Å². The van der Waals surface area contributed by atoms with Crippen molar-refractivity contribution in [1.29, 1.82) is 0 Å². The lowest BCUT2D eigenvalue weighted by Gasteiger charge is -2.35. The van der Waals surface area contributed by atoms with Gasteiger partial charge in [0.15, 0.2) is 0 Å². The third-order valence-electron chi connectivity index (χ3n) is 2.27. The lowest BCUT2D eigenvalue weighted by molar-refractivity contribution is -0.353. The zero-order valence-electron chi connectivity index (χ0n) is 7.24. The summed E-state index contributed by atoms with van der Waals surface area (Å²) in [7, 11) is 0. The van der Waals surface area contributed by atoms with E-state index in [1.54, 1.807) is 23.1 Å². The van der Waals surface area contributed by atoms with E-state index in [1.165, 1.54) is 0 Å². The Hall–Kier alpha value is -1.04. The quantitative estimate of drug-likeness (QED) is 0.741. The molecule has 1 aliphatic rings. The van der Waals surface area contributed by atoms with Crippen LogP contribution in [0.4, 0.5) is 13.2 Å². The van der Waals surface area contributed by atoms with Crippen molar-refractivity contribution < 1.29 is 17.9 Å². The number of aromatic nitrogens is 2. The first-order chi connectivity index (χ1) is 6.54. The minimum Gasteiger partial charge on any atom is -0.288 e. The van der Waals surface area contributed by atoms with Crippen LogP contribution in [0.25, 0.3) is 0 Å². The van der Waals surface area contributed by atoms with Gasteiger partial charge < -0.3 is 0 Å². The van der Waals surface area contributed by atoms with Crippen LogP contribution in [0.1, 0.15) is 18.9 Å². The summed E-state index contributed by atoms with van der Waals surface area (Å²) in [5.74, 6) is 0. The molecular formula is C8H9F3N2O. The van der Waals surface area contributed by atoms with E-state index in [-0.39, 0.29) is 6.04 Å². The maximum atomic E-state index is 11.8. The van der Waals surface area contributed by atoms with Crippen LogP contribution in [-0.2, 0) is 4.74 Å². The number of ether oxygens (including phenoxy) is 1. The summed E-state index contributed by atoms with van der Waals surface area (Å²) < 4.78 is 40.8. The molecule has 0 aromatic carbocycles. The summed E-state index contributed by atoms with van der Waals surface area (Å²) in [6.07, 6.45) is -1.11. The minimum atomic E-state index is -4.51. The Morgan fingerprint density at radius 2 is 2.07 bits per heavy atom. The molecule has 0 bridgehead atoms. The average Bonchev–Trinajstić information content (AvgIpc) is 2.45. The van der Waals surface area contributed by atoms with E-state index in [2.05, 4.69) is 9.84 Å². The predicted octanol–water partition coefficient (Wildman–Crippen LogP) is 2.12. The Kier molecular flexibility index (Phi) is 2.22. The molecule has 0 spiro atoms. The van der Waals surface area contributed by atoms with E-state index in [0.29, 0.717) is 12.8 Å². The first kappa shape index (κ1) is 9.51. The van der Waals surface area contributed by atoms with Gasteiger partial charge in [0.2, 0.25) is 0 Å². The van der Waals surface area contributed by atoms with E-state index < -0.39 is 12.5 Å². The Bertz CT molecular complexity index is 290. The number of halogens is 3. The number of rotatable bonds is 2. The van der Waals surface area contributed by atoms with Gasteiger partial charge >= 0.3 is 6.36 Å². The van der Waals surface area contributed by atoms with Crippen molar-refractivity contribution in [2.75, 3.05) is 0 Å². The van der Waals surface area contributed by atoms with Crippen molar-refractivity contribution in [3.8, 4) is 0 Å². The van der Waals surface area contributed by atoms with Crippen LogP contribution in [-0.4, -0.2) is 22.2 Å². The Labute approximate surface area is 78.5 Å². The molecule has 1 heterocycles. The molecule has 0 aliphatic heterocycles. The van der Waals surface area contributed by atoms with Gasteiger partial charge in [0, 0.05) is 12.4 Å². The van der Waals surface area contributed by atoms with Crippen molar-refractivity contribution in [2.45, 2.75) is 31.3 Å². The van der Waals surface area contributed by atoms with Gasteiger partial charge in [-0.15, -0.1) is 13.2 Å². The molecule has 0 unspecified atom stereocenters. The lowest BCUT2D eigenvalue weighted by Crippen LogP contribution is -2.37. The predicted molar refractivity (Wildman–Crippen MR) is 41.4 cm³/mol. The first-order valence-corrected chi connectivity index (χ1v) is 4.28. The summed E-state index contributed by atoms with van der Waals surface area (Å²) in [6.45, 7) is 0. The second-order valence-corrected chi connectivity index (χ2v) is 3.30. The highest BCUT2D eigenvalue weighted by atomic mass is 19.4. The largest absolute Gasteiger partial charge is 0.522 e. The monoisotopic (exact) mass is 206 g/mol. The van der Waals surface area contributed by atoms with Gasteiger partial charge in [0.1, 0.15) is 0 Å². The standard InChI is InChI=1S/C8H9F3N2O/c9-8(10,11)14-7-4-6(5-7)13-3-1-2-12-13/h1-3,6-7H,4-5H2. The van der Waals surface area contributed by atoms with Gasteiger partial charge in [0.25, 0.3) is 0 Å². The highest BCUT2D eigenvalue weighted by molar-refractivity contribution is 4.89. The molecule has 0 amide bonds. The van der Waals surface area contributed by atoms with Crippen LogP contribution in [0.2, 0.25) is 0 Å². The van der Waals surface area contributed by atoms with Crippen molar-refractivity contribution in [3.05, 3.63) is 18.5 Å². The van der Waals surface area contributed by atoms with Crippen molar-refractivity contribution in [3.63, 3.8) is 0 Å². The molecule has 78 valence electrons. The SMILES string of the molecule is FC(F)(F)OC1CC(n2cccn2)C1. The lowest BCUT2D eigenvalue weighted by atomic mass is 9.89. The van der Waals surface area contributed by atoms with Crippen LogP contribution in [0, 0.1) is 0 Å². The van der Waals surface area contributed by atoms with Crippen LogP contribution in [0.5, 0.6) is 0 Å². The molecule has 3 nitrogen and oxygen atoms in total. The molecule has 1 saturated carbocycles. The summed E-state index contributed by atoms with van der Waals surface area (Å²) >= 11 is 0. The number of nitrogens with zero attached hydrogens (tertiary/aromatic N) is 2. The number of hydrogen-bond acceptors (Lipinski definition) is 2. The summed E-state index contributed by atoms with van der Waals surface area (Å²) in [4.78, 5) is 0. The summed E-state index contributed by atoms with van der Waals surface area (Å²) in [6, 6.07) is 1.80. The van der Waals surface area contributed by atoms with Gasteiger partial charge in [-0.3, -0.25) is 9.42 Å². The first-order valence-electron chi connectivity index (χ1n) is 4.28. The normalized spacial score (nSPS) is 27.4. The van der Waals surface area contributed by atoms with E-state index in [9.17, 15) is 13.2 Å². The average molecular weight is 206 g/mol. The summed E-state index contributed by atoms with van der Waals surface area (Å²) in [5, 5.41) is 3.95. The fourth-order valence-corrected chi connectivity index (χ4v) is 1.54. The van der Waals surface area contributed by atoms with Crippen LogP contribution in [0.3, 0.4) is 0 Å². The highest BCUT2D eigenvalue weighted by Crippen LogP contribution is 2.37. The molecule has 0 atom stereocenters. The van der Waals surface area contributed by atoms with Gasteiger partial charge in [-0.25, -0.2) is 0 Å². The van der Waals surface area contributed by atoms with Crippen LogP contribution >= 0.6 is 0 Å². The second-order valence-electron chi connectivity index (χ2n) is 3.30. The number of alkyl halides is 3. The van der Waals surface area contributed by atoms with E-state index in [4.69, 9.17) is 0 Å².